The van der Waals surface area contributed by atoms with Gasteiger partial charge in [0.1, 0.15) is 0 Å². The number of rotatable bonds is 4. The fourth-order valence-electron chi connectivity index (χ4n) is 0.968. The highest BCUT2D eigenvalue weighted by Crippen LogP contribution is 2.01. The van der Waals surface area contributed by atoms with Crippen LogP contribution in [0, 0.1) is 0 Å². The maximum Gasteiger partial charge on any atom is 0.166 e. The Hall–Kier alpha value is -0.570. The molecule has 2 nitrogen and oxygen atoms in total. The van der Waals surface area contributed by atoms with Gasteiger partial charge < -0.3 is 4.57 Å². The molecule has 0 aliphatic heterocycles. The quantitative estimate of drug-likeness (QED) is 0.557. The van der Waals surface area contributed by atoms with E-state index in [0.29, 0.717) is 0 Å². The minimum absolute atomic E-state index is 0.756. The summed E-state index contributed by atoms with van der Waals surface area (Å²) in [5.41, 5.74) is 0.756. The first-order valence-corrected chi connectivity index (χ1v) is 4.67. The highest BCUT2D eigenvalue weighted by molar-refractivity contribution is 9.09. The molecule has 0 saturated heterocycles. The van der Waals surface area contributed by atoms with Crippen molar-refractivity contribution in [1.29, 1.82) is 0 Å². The molecule has 60 valence electrons. The Bertz CT molecular complexity index is 232. The first-order chi connectivity index (χ1) is 5.38. The van der Waals surface area contributed by atoms with Crippen molar-refractivity contribution in [2.24, 2.45) is 0 Å². The molecule has 0 aromatic carbocycles. The largest absolute Gasteiger partial charge is 0.345 e. The normalized spacial score (nSPS) is 9.91. The molecule has 0 saturated carbocycles. The molecule has 0 fully saturated rings. The van der Waals surface area contributed by atoms with Gasteiger partial charge >= 0.3 is 0 Å². The summed E-state index contributed by atoms with van der Waals surface area (Å²) in [6, 6.07) is 3.71. The molecule has 0 amide bonds. The van der Waals surface area contributed by atoms with E-state index < -0.39 is 0 Å². The van der Waals surface area contributed by atoms with Crippen molar-refractivity contribution < 1.29 is 4.79 Å². The molecule has 0 aliphatic rings. The zero-order chi connectivity index (χ0) is 8.10. The molecule has 1 aromatic rings. The van der Waals surface area contributed by atoms with Crippen LogP contribution in [-0.2, 0) is 6.54 Å². The Morgan fingerprint density at radius 2 is 2.45 bits per heavy atom. The molecule has 11 heavy (non-hydrogen) atoms. The van der Waals surface area contributed by atoms with Gasteiger partial charge in [0.05, 0.1) is 5.69 Å². The van der Waals surface area contributed by atoms with Crippen LogP contribution in [0.25, 0.3) is 0 Å². The third kappa shape index (κ3) is 2.19. The summed E-state index contributed by atoms with van der Waals surface area (Å²) in [7, 11) is 0. The highest BCUT2D eigenvalue weighted by Gasteiger charge is 1.96. The van der Waals surface area contributed by atoms with Crippen LogP contribution < -0.4 is 0 Å². The van der Waals surface area contributed by atoms with Gasteiger partial charge in [-0.25, -0.2) is 0 Å². The van der Waals surface area contributed by atoms with Crippen LogP contribution in [0.1, 0.15) is 16.9 Å². The molecule has 0 bridgehead atoms. The van der Waals surface area contributed by atoms with E-state index in [4.69, 9.17) is 0 Å². The van der Waals surface area contributed by atoms with E-state index in [9.17, 15) is 4.79 Å². The Labute approximate surface area is 74.3 Å². The van der Waals surface area contributed by atoms with Crippen molar-refractivity contribution in [3.63, 3.8) is 0 Å². The van der Waals surface area contributed by atoms with Gasteiger partial charge in [-0.1, -0.05) is 15.9 Å². The van der Waals surface area contributed by atoms with Crippen molar-refractivity contribution in [1.82, 2.24) is 4.57 Å². The van der Waals surface area contributed by atoms with Crippen LogP contribution in [0.15, 0.2) is 18.3 Å². The van der Waals surface area contributed by atoms with E-state index >= 15 is 0 Å². The minimum Gasteiger partial charge on any atom is -0.345 e. The molecule has 0 atom stereocenters. The number of hydrogen-bond acceptors (Lipinski definition) is 1. The van der Waals surface area contributed by atoms with E-state index in [1.54, 1.807) is 0 Å². The topological polar surface area (TPSA) is 22.0 Å². The molecule has 1 rings (SSSR count). The van der Waals surface area contributed by atoms with Gasteiger partial charge in [0.2, 0.25) is 0 Å². The van der Waals surface area contributed by atoms with Crippen LogP contribution in [0.4, 0.5) is 0 Å². The molecule has 0 N–H and O–H groups in total. The fraction of sp³-hybridized carbons (Fsp3) is 0.375. The second kappa shape index (κ2) is 4.34. The summed E-state index contributed by atoms with van der Waals surface area (Å²) in [5, 5.41) is 0.976. The van der Waals surface area contributed by atoms with E-state index in [1.807, 2.05) is 22.9 Å². The highest BCUT2D eigenvalue weighted by atomic mass is 79.9. The summed E-state index contributed by atoms with van der Waals surface area (Å²) in [6.07, 6.45) is 3.86. The van der Waals surface area contributed by atoms with Gasteiger partial charge in [-0.05, 0) is 18.6 Å². The van der Waals surface area contributed by atoms with Crippen molar-refractivity contribution in [3.05, 3.63) is 24.0 Å². The summed E-state index contributed by atoms with van der Waals surface area (Å²) in [4.78, 5) is 10.4. The number of alkyl halides is 1. The Morgan fingerprint density at radius 1 is 1.64 bits per heavy atom. The second-order valence-corrected chi connectivity index (χ2v) is 3.08. The Kier molecular flexibility index (Phi) is 3.36. The van der Waals surface area contributed by atoms with Gasteiger partial charge in [-0.3, -0.25) is 4.79 Å². The first kappa shape index (κ1) is 8.53. The lowest BCUT2D eigenvalue weighted by Crippen LogP contribution is -2.00. The fourth-order valence-corrected chi connectivity index (χ4v) is 1.22. The molecule has 1 aromatic heterocycles. The van der Waals surface area contributed by atoms with Crippen molar-refractivity contribution in [3.8, 4) is 0 Å². The number of hydrogen-bond donors (Lipinski definition) is 0. The van der Waals surface area contributed by atoms with Crippen molar-refractivity contribution in [2.75, 3.05) is 5.33 Å². The van der Waals surface area contributed by atoms with Gasteiger partial charge in [-0.15, -0.1) is 0 Å². The van der Waals surface area contributed by atoms with Crippen LogP contribution in [0.3, 0.4) is 0 Å². The van der Waals surface area contributed by atoms with Crippen LogP contribution in [0.2, 0.25) is 0 Å². The number of carbonyl (C=O) groups excluding carboxylic acids is 1. The monoisotopic (exact) mass is 215 g/mol. The zero-order valence-corrected chi connectivity index (χ0v) is 7.75. The second-order valence-electron chi connectivity index (χ2n) is 2.29. The molecule has 0 unspecified atom stereocenters. The zero-order valence-electron chi connectivity index (χ0n) is 6.16. The first-order valence-electron chi connectivity index (χ1n) is 3.55. The summed E-state index contributed by atoms with van der Waals surface area (Å²) >= 11 is 3.34. The third-order valence-corrected chi connectivity index (χ3v) is 2.08. The van der Waals surface area contributed by atoms with E-state index in [0.717, 1.165) is 30.3 Å². The lowest BCUT2D eigenvalue weighted by molar-refractivity contribution is 0.111. The lowest BCUT2D eigenvalue weighted by Gasteiger charge is -2.01. The predicted molar refractivity (Wildman–Crippen MR) is 48.2 cm³/mol. The standard InChI is InChI=1S/C8H10BrNO/c9-4-2-6-10-5-1-3-8(10)7-11/h1,3,5,7H,2,4,6H2. The number of halogens is 1. The number of aromatic nitrogens is 1. The SMILES string of the molecule is O=Cc1cccn1CCCBr. The molecule has 0 radical (unpaired) electrons. The minimum atomic E-state index is 0.756. The summed E-state index contributed by atoms with van der Waals surface area (Å²) in [5.74, 6) is 0. The Balaban J connectivity index is 2.61. The number of nitrogens with zero attached hydrogens (tertiary/aromatic N) is 1. The van der Waals surface area contributed by atoms with Gasteiger partial charge in [0, 0.05) is 18.1 Å². The van der Waals surface area contributed by atoms with E-state index in [-0.39, 0.29) is 0 Å². The summed E-state index contributed by atoms with van der Waals surface area (Å²) < 4.78 is 1.95. The van der Waals surface area contributed by atoms with Gasteiger partial charge in [-0.2, -0.15) is 0 Å². The third-order valence-electron chi connectivity index (χ3n) is 1.52. The number of aryl methyl sites for hydroxylation is 1. The molecule has 0 aliphatic carbocycles. The van der Waals surface area contributed by atoms with Crippen LogP contribution in [-0.4, -0.2) is 16.2 Å². The molecule has 0 spiro atoms. The van der Waals surface area contributed by atoms with E-state index in [2.05, 4.69) is 15.9 Å². The molecule has 3 heteroatoms. The average molecular weight is 216 g/mol. The van der Waals surface area contributed by atoms with Crippen molar-refractivity contribution in [2.45, 2.75) is 13.0 Å². The van der Waals surface area contributed by atoms with Crippen LogP contribution in [0.5, 0.6) is 0 Å². The lowest BCUT2D eigenvalue weighted by atomic mass is 10.4. The Morgan fingerprint density at radius 3 is 3.09 bits per heavy atom. The van der Waals surface area contributed by atoms with Gasteiger partial charge in [0.15, 0.2) is 6.29 Å². The van der Waals surface area contributed by atoms with Crippen molar-refractivity contribution >= 4 is 22.2 Å². The van der Waals surface area contributed by atoms with E-state index in [1.165, 1.54) is 0 Å². The maximum absolute atomic E-state index is 10.4. The van der Waals surface area contributed by atoms with Crippen LogP contribution >= 0.6 is 15.9 Å². The number of carbonyl (C=O) groups is 1. The summed E-state index contributed by atoms with van der Waals surface area (Å²) in [6.45, 7) is 0.909. The molecule has 1 heterocycles. The molecular formula is C8H10BrNO. The maximum atomic E-state index is 10.4. The van der Waals surface area contributed by atoms with Gasteiger partial charge in [0.25, 0.3) is 0 Å². The molecular weight excluding hydrogens is 206 g/mol. The average Bonchev–Trinajstić information content (AvgIpc) is 2.47. The smallest absolute Gasteiger partial charge is 0.166 e. The predicted octanol–water partition coefficient (Wildman–Crippen LogP) is 2.09. The number of aldehydes is 1.